The molecule has 1 aliphatic rings. The predicted octanol–water partition coefficient (Wildman–Crippen LogP) is 1.02. The number of H-pyrrole nitrogens is 1. The minimum absolute atomic E-state index is 0.195. The maximum atomic E-state index is 11.7. The highest BCUT2D eigenvalue weighted by atomic mass is 32.1. The fraction of sp³-hybridized carbons (Fsp3) is 0.300. The number of amides is 1. The normalized spacial score (nSPS) is 14.9. The molecule has 3 rings (SSSR count). The van der Waals surface area contributed by atoms with Crippen molar-refractivity contribution in [3.63, 3.8) is 0 Å². The molecular weight excluding hydrogens is 242 g/mol. The second kappa shape index (κ2) is 3.56. The van der Waals surface area contributed by atoms with E-state index in [1.54, 1.807) is 0 Å². The summed E-state index contributed by atoms with van der Waals surface area (Å²) in [5.41, 5.74) is 0.618. The molecule has 88 valence electrons. The van der Waals surface area contributed by atoms with Crippen LogP contribution in [0.2, 0.25) is 0 Å². The molecule has 2 aromatic rings. The molecule has 0 saturated carbocycles. The van der Waals surface area contributed by atoms with Gasteiger partial charge in [0.15, 0.2) is 0 Å². The molecule has 6 nitrogen and oxygen atoms in total. The van der Waals surface area contributed by atoms with Crippen molar-refractivity contribution in [2.45, 2.75) is 13.0 Å². The van der Waals surface area contributed by atoms with Gasteiger partial charge in [-0.1, -0.05) is 0 Å². The van der Waals surface area contributed by atoms with Crippen molar-refractivity contribution in [3.05, 3.63) is 27.1 Å². The molecule has 0 aliphatic carbocycles. The van der Waals surface area contributed by atoms with Crippen molar-refractivity contribution in [1.82, 2.24) is 14.9 Å². The third-order valence-electron chi connectivity index (χ3n) is 2.90. The van der Waals surface area contributed by atoms with Crippen molar-refractivity contribution < 1.29 is 9.90 Å². The van der Waals surface area contributed by atoms with Gasteiger partial charge < -0.3 is 15.0 Å². The fourth-order valence-corrected chi connectivity index (χ4v) is 3.22. The number of aromatic amines is 1. The third-order valence-corrected chi connectivity index (χ3v) is 4.10. The van der Waals surface area contributed by atoms with Gasteiger partial charge >= 0.3 is 6.09 Å². The summed E-state index contributed by atoms with van der Waals surface area (Å²) in [6, 6.07) is 0. The first-order valence-corrected chi connectivity index (χ1v) is 5.94. The molecule has 3 heterocycles. The van der Waals surface area contributed by atoms with E-state index in [1.165, 1.54) is 22.6 Å². The average Bonchev–Trinajstić information content (AvgIpc) is 2.67. The van der Waals surface area contributed by atoms with Gasteiger partial charge in [0.1, 0.15) is 4.83 Å². The maximum Gasteiger partial charge on any atom is 0.407 e. The maximum absolute atomic E-state index is 11.7. The molecule has 0 atom stereocenters. The summed E-state index contributed by atoms with van der Waals surface area (Å²) in [5, 5.41) is 9.51. The smallest absolute Gasteiger partial charge is 0.407 e. The lowest BCUT2D eigenvalue weighted by Gasteiger charge is -2.23. The van der Waals surface area contributed by atoms with Gasteiger partial charge in [0.2, 0.25) is 0 Å². The largest absolute Gasteiger partial charge is 0.465 e. The van der Waals surface area contributed by atoms with E-state index in [4.69, 9.17) is 5.11 Å². The Balaban J connectivity index is 2.20. The monoisotopic (exact) mass is 251 g/mol. The standard InChI is InChI=1S/C10H9N3O3S/c14-8-7-5-3-13(10(15)16)2-1-6(5)17-9(7)12-4-11-8/h4H,1-3H2,(H,15,16)(H,11,12,14). The highest BCUT2D eigenvalue weighted by Gasteiger charge is 2.25. The average molecular weight is 251 g/mol. The first kappa shape index (κ1) is 10.3. The second-order valence-electron chi connectivity index (χ2n) is 3.87. The number of fused-ring (bicyclic) bond motifs is 3. The zero-order chi connectivity index (χ0) is 12.0. The van der Waals surface area contributed by atoms with Gasteiger partial charge in [0, 0.05) is 17.0 Å². The zero-order valence-corrected chi connectivity index (χ0v) is 9.58. The van der Waals surface area contributed by atoms with Crippen molar-refractivity contribution in [1.29, 1.82) is 0 Å². The summed E-state index contributed by atoms with van der Waals surface area (Å²) in [7, 11) is 0. The number of nitrogens with zero attached hydrogens (tertiary/aromatic N) is 2. The Bertz CT molecular complexity index is 660. The minimum atomic E-state index is -0.949. The molecule has 0 aromatic carbocycles. The van der Waals surface area contributed by atoms with Gasteiger partial charge in [-0.05, 0) is 6.42 Å². The molecule has 1 amide bonds. The van der Waals surface area contributed by atoms with Crippen LogP contribution in [0.1, 0.15) is 10.4 Å². The molecule has 7 heteroatoms. The first-order valence-electron chi connectivity index (χ1n) is 5.12. The first-order chi connectivity index (χ1) is 8.16. The summed E-state index contributed by atoms with van der Waals surface area (Å²) in [4.78, 5) is 32.4. The van der Waals surface area contributed by atoms with Crippen LogP contribution in [0.3, 0.4) is 0 Å². The van der Waals surface area contributed by atoms with Gasteiger partial charge in [-0.15, -0.1) is 11.3 Å². The number of hydrogen-bond acceptors (Lipinski definition) is 4. The Morgan fingerprint density at radius 3 is 3.18 bits per heavy atom. The zero-order valence-electron chi connectivity index (χ0n) is 8.77. The van der Waals surface area contributed by atoms with E-state index in [9.17, 15) is 9.59 Å². The molecule has 0 spiro atoms. The molecule has 1 aliphatic heterocycles. The Labute approximate surface area is 99.5 Å². The minimum Gasteiger partial charge on any atom is -0.465 e. The Kier molecular flexibility index (Phi) is 2.15. The van der Waals surface area contributed by atoms with Crippen LogP contribution < -0.4 is 5.56 Å². The van der Waals surface area contributed by atoms with E-state index in [-0.39, 0.29) is 12.1 Å². The highest BCUT2D eigenvalue weighted by molar-refractivity contribution is 7.18. The van der Waals surface area contributed by atoms with Crippen LogP contribution in [0.25, 0.3) is 10.2 Å². The molecule has 2 N–H and O–H groups in total. The number of hydrogen-bond donors (Lipinski definition) is 2. The van der Waals surface area contributed by atoms with Gasteiger partial charge in [-0.2, -0.15) is 0 Å². The van der Waals surface area contributed by atoms with Crippen LogP contribution in [0.15, 0.2) is 11.1 Å². The van der Waals surface area contributed by atoms with Gasteiger partial charge in [-0.25, -0.2) is 9.78 Å². The summed E-state index contributed by atoms with van der Waals surface area (Å²) < 4.78 is 0. The Hall–Kier alpha value is -1.89. The van der Waals surface area contributed by atoms with E-state index < -0.39 is 6.09 Å². The van der Waals surface area contributed by atoms with E-state index >= 15 is 0 Å². The van der Waals surface area contributed by atoms with Crippen LogP contribution in [0.5, 0.6) is 0 Å². The lowest BCUT2D eigenvalue weighted by Crippen LogP contribution is -2.34. The van der Waals surface area contributed by atoms with Crippen LogP contribution in [-0.2, 0) is 13.0 Å². The lowest BCUT2D eigenvalue weighted by atomic mass is 10.1. The van der Waals surface area contributed by atoms with Gasteiger partial charge in [0.25, 0.3) is 5.56 Å². The van der Waals surface area contributed by atoms with Crippen LogP contribution in [0.4, 0.5) is 4.79 Å². The van der Waals surface area contributed by atoms with E-state index in [0.717, 1.165) is 10.4 Å². The van der Waals surface area contributed by atoms with Gasteiger partial charge in [0.05, 0.1) is 18.3 Å². The second-order valence-corrected chi connectivity index (χ2v) is 4.95. The summed E-state index contributed by atoms with van der Waals surface area (Å²) >= 11 is 1.48. The molecule has 0 fully saturated rings. The van der Waals surface area contributed by atoms with E-state index in [1.807, 2.05) is 0 Å². The Morgan fingerprint density at radius 2 is 2.41 bits per heavy atom. The van der Waals surface area contributed by atoms with Crippen LogP contribution in [-0.4, -0.2) is 32.6 Å². The van der Waals surface area contributed by atoms with Crippen LogP contribution in [0, 0.1) is 0 Å². The van der Waals surface area contributed by atoms with Crippen molar-refractivity contribution in [3.8, 4) is 0 Å². The topological polar surface area (TPSA) is 86.3 Å². The quantitative estimate of drug-likeness (QED) is 0.732. The van der Waals surface area contributed by atoms with Crippen molar-refractivity contribution in [2.24, 2.45) is 0 Å². The SMILES string of the molecule is O=C(O)N1CCc2sc3nc[nH]c(=O)c3c2C1. The van der Waals surface area contributed by atoms with E-state index in [2.05, 4.69) is 9.97 Å². The number of carboxylic acid groups (broad SMARTS) is 1. The van der Waals surface area contributed by atoms with E-state index in [0.29, 0.717) is 23.2 Å². The number of carbonyl (C=O) groups is 1. The summed E-state index contributed by atoms with van der Waals surface area (Å²) in [6.45, 7) is 0.756. The summed E-state index contributed by atoms with van der Waals surface area (Å²) in [5.74, 6) is 0. The molecule has 0 bridgehead atoms. The predicted molar refractivity (Wildman–Crippen MR) is 62.4 cm³/mol. The molecule has 2 aromatic heterocycles. The number of rotatable bonds is 0. The number of aromatic nitrogens is 2. The molecular formula is C10H9N3O3S. The Morgan fingerprint density at radius 1 is 1.59 bits per heavy atom. The molecule has 0 unspecified atom stereocenters. The number of thiophene rings is 1. The molecule has 0 radical (unpaired) electrons. The van der Waals surface area contributed by atoms with Crippen molar-refractivity contribution >= 4 is 27.6 Å². The van der Waals surface area contributed by atoms with Gasteiger partial charge in [-0.3, -0.25) is 4.79 Å². The van der Waals surface area contributed by atoms with Crippen molar-refractivity contribution in [2.75, 3.05) is 6.54 Å². The number of nitrogens with one attached hydrogen (secondary N) is 1. The summed E-state index contributed by atoms with van der Waals surface area (Å²) in [6.07, 6.45) is 1.08. The lowest BCUT2D eigenvalue weighted by molar-refractivity contribution is 0.140. The molecule has 0 saturated heterocycles. The third kappa shape index (κ3) is 1.50. The fourth-order valence-electron chi connectivity index (χ4n) is 2.08. The molecule has 17 heavy (non-hydrogen) atoms. The highest BCUT2D eigenvalue weighted by Crippen LogP contribution is 2.31. The van der Waals surface area contributed by atoms with Crippen LogP contribution >= 0.6 is 11.3 Å².